The summed E-state index contributed by atoms with van der Waals surface area (Å²) in [5.74, 6) is 0.813. The highest BCUT2D eigenvalue weighted by molar-refractivity contribution is 6.60. The summed E-state index contributed by atoms with van der Waals surface area (Å²) in [5.41, 5.74) is 0. The Hall–Kier alpha value is 0.0569. The van der Waals surface area contributed by atoms with Gasteiger partial charge in [-0.25, -0.2) is 0 Å². The van der Waals surface area contributed by atoms with Crippen LogP contribution in [0.3, 0.4) is 0 Å². The fraction of sp³-hybridized carbons (Fsp3) is 1.00. The number of nitrogens with zero attached hydrogens (tertiary/aromatic N) is 1. The predicted octanol–water partition coefficient (Wildman–Crippen LogP) is 6.91. The molecule has 0 aliphatic heterocycles. The fourth-order valence-corrected chi connectivity index (χ4v) is 5.88. The Morgan fingerprint density at radius 1 is 0.621 bits per heavy atom. The molecule has 0 aliphatic rings. The van der Waals surface area contributed by atoms with Gasteiger partial charge in [0, 0.05) is 27.4 Å². The van der Waals surface area contributed by atoms with Gasteiger partial charge in [0.1, 0.15) is 0 Å². The summed E-state index contributed by atoms with van der Waals surface area (Å²) in [6.07, 6.45) is 20.7. The highest BCUT2D eigenvalue weighted by Gasteiger charge is 2.37. The number of unbranched alkanes of at least 4 members (excludes halogenated alkanes) is 10. The van der Waals surface area contributed by atoms with E-state index in [1.165, 1.54) is 96.4 Å². The van der Waals surface area contributed by atoms with Crippen molar-refractivity contribution in [2.75, 3.05) is 42.0 Å². The van der Waals surface area contributed by atoms with Crippen LogP contribution in [-0.2, 0) is 13.3 Å². The molecule has 0 fully saturated rings. The third-order valence-electron chi connectivity index (χ3n) is 6.23. The first-order valence-electron chi connectivity index (χ1n) is 12.3. The average molecular weight is 432 g/mol. The molecule has 0 spiro atoms. The molecule has 0 N–H and O–H groups in total. The topological polar surface area (TPSA) is 30.9 Å². The quantitative estimate of drug-likeness (QED) is 0.138. The molecule has 0 radical (unpaired) electrons. The Kier molecular flexibility index (Phi) is 20.0. The van der Waals surface area contributed by atoms with E-state index in [-0.39, 0.29) is 0 Å². The zero-order valence-electron chi connectivity index (χ0n) is 20.8. The third-order valence-corrected chi connectivity index (χ3v) is 9.06. The molecule has 0 aromatic rings. The maximum Gasteiger partial charge on any atom is 0.500 e. The van der Waals surface area contributed by atoms with E-state index in [4.69, 9.17) is 13.3 Å². The second kappa shape index (κ2) is 20.0. The molecule has 0 aromatic heterocycles. The van der Waals surface area contributed by atoms with Crippen LogP contribution >= 0.6 is 0 Å². The number of hydrogen-bond donors (Lipinski definition) is 0. The first-order valence-corrected chi connectivity index (χ1v) is 14.3. The molecule has 0 saturated carbocycles. The molecule has 0 rings (SSSR count). The maximum atomic E-state index is 5.58. The molecule has 29 heavy (non-hydrogen) atoms. The minimum atomic E-state index is -2.41. The van der Waals surface area contributed by atoms with Crippen molar-refractivity contribution in [1.29, 1.82) is 0 Å². The van der Waals surface area contributed by atoms with E-state index in [0.717, 1.165) is 18.4 Å². The highest BCUT2D eigenvalue weighted by Crippen LogP contribution is 2.24. The van der Waals surface area contributed by atoms with Crippen molar-refractivity contribution in [3.05, 3.63) is 0 Å². The smallest absolute Gasteiger partial charge is 0.377 e. The third kappa shape index (κ3) is 16.4. The monoisotopic (exact) mass is 431 g/mol. The van der Waals surface area contributed by atoms with E-state index in [0.29, 0.717) is 0 Å². The van der Waals surface area contributed by atoms with E-state index < -0.39 is 8.80 Å². The largest absolute Gasteiger partial charge is 0.500 e. The highest BCUT2D eigenvalue weighted by atomic mass is 28.4. The average Bonchev–Trinajstić information content (AvgIpc) is 2.73. The van der Waals surface area contributed by atoms with Crippen LogP contribution in [-0.4, -0.2) is 55.7 Å². The summed E-state index contributed by atoms with van der Waals surface area (Å²) >= 11 is 0. The Morgan fingerprint density at radius 2 is 1.07 bits per heavy atom. The second-order valence-electron chi connectivity index (χ2n) is 8.97. The second-order valence-corrected chi connectivity index (χ2v) is 12.1. The van der Waals surface area contributed by atoms with E-state index >= 15 is 0 Å². The van der Waals surface area contributed by atoms with Gasteiger partial charge in [-0.15, -0.1) is 0 Å². The van der Waals surface area contributed by atoms with Crippen molar-refractivity contribution >= 4 is 8.80 Å². The molecule has 176 valence electrons. The molecule has 1 unspecified atom stereocenters. The molecule has 0 saturated heterocycles. The molecule has 1 atom stereocenters. The van der Waals surface area contributed by atoms with Crippen molar-refractivity contribution in [3.8, 4) is 0 Å². The summed E-state index contributed by atoms with van der Waals surface area (Å²) in [7, 11) is 7.10. The molecule has 4 nitrogen and oxygen atoms in total. The van der Waals surface area contributed by atoms with Gasteiger partial charge in [-0.05, 0) is 39.4 Å². The van der Waals surface area contributed by atoms with E-state index in [9.17, 15) is 0 Å². The molecule has 5 heteroatoms. The Bertz CT molecular complexity index is 330. The molecule has 0 aliphatic carbocycles. The minimum absolute atomic E-state index is 0.813. The molecule has 0 bridgehead atoms. The molecule has 0 aromatic carbocycles. The summed E-state index contributed by atoms with van der Waals surface area (Å²) in [6.45, 7) is 3.48. The standard InChI is InChI=1S/C24H53NO3Si/c1-7-8-9-10-11-12-13-14-15-16-17-19-24(21-22-25(2)3)20-18-23-29(26-4,27-5)28-6/h24H,7-23H2,1-6H3. The summed E-state index contributed by atoms with van der Waals surface area (Å²) in [4.78, 5) is 2.31. The lowest BCUT2D eigenvalue weighted by molar-refractivity contribution is 0.122. The van der Waals surface area contributed by atoms with Crippen LogP contribution in [0.5, 0.6) is 0 Å². The van der Waals surface area contributed by atoms with Gasteiger partial charge in [-0.1, -0.05) is 90.4 Å². The fourth-order valence-electron chi connectivity index (χ4n) is 4.13. The van der Waals surface area contributed by atoms with Gasteiger partial charge in [-0.3, -0.25) is 0 Å². The maximum absolute atomic E-state index is 5.58. The van der Waals surface area contributed by atoms with Gasteiger partial charge in [-0.2, -0.15) is 0 Å². The van der Waals surface area contributed by atoms with Crippen LogP contribution in [0.1, 0.15) is 103 Å². The van der Waals surface area contributed by atoms with Crippen molar-refractivity contribution in [2.24, 2.45) is 5.92 Å². The van der Waals surface area contributed by atoms with E-state index in [2.05, 4.69) is 25.9 Å². The molecular weight excluding hydrogens is 378 g/mol. The van der Waals surface area contributed by atoms with Crippen LogP contribution < -0.4 is 0 Å². The first-order chi connectivity index (χ1) is 14.0. The van der Waals surface area contributed by atoms with Gasteiger partial charge in [0.15, 0.2) is 0 Å². The molecule has 0 heterocycles. The lowest BCUT2D eigenvalue weighted by Gasteiger charge is -2.25. The number of hydrogen-bond acceptors (Lipinski definition) is 4. The van der Waals surface area contributed by atoms with Crippen molar-refractivity contribution in [3.63, 3.8) is 0 Å². The minimum Gasteiger partial charge on any atom is -0.377 e. The molecule has 0 amide bonds. The predicted molar refractivity (Wildman–Crippen MR) is 129 cm³/mol. The normalized spacial score (nSPS) is 13.3. The zero-order valence-corrected chi connectivity index (χ0v) is 21.8. The van der Waals surface area contributed by atoms with E-state index in [1.54, 1.807) is 21.3 Å². The van der Waals surface area contributed by atoms with Crippen LogP contribution in [0.2, 0.25) is 6.04 Å². The van der Waals surface area contributed by atoms with Gasteiger partial charge in [0.2, 0.25) is 0 Å². The van der Waals surface area contributed by atoms with Crippen LogP contribution in [0.15, 0.2) is 0 Å². The van der Waals surface area contributed by atoms with Gasteiger partial charge >= 0.3 is 8.80 Å². The first kappa shape index (κ1) is 29.1. The SMILES string of the molecule is CCCCCCCCCCCCCC(CCC[Si](OC)(OC)OC)CCN(C)C. The summed E-state index contributed by atoms with van der Waals surface area (Å²) in [5, 5.41) is 0. The summed E-state index contributed by atoms with van der Waals surface area (Å²) < 4.78 is 16.7. The Labute approximate surface area is 184 Å². The Balaban J connectivity index is 3.94. The zero-order chi connectivity index (χ0) is 21.8. The lowest BCUT2D eigenvalue weighted by atomic mass is 9.92. The van der Waals surface area contributed by atoms with Gasteiger partial charge in [0.25, 0.3) is 0 Å². The van der Waals surface area contributed by atoms with Crippen molar-refractivity contribution in [1.82, 2.24) is 4.90 Å². The van der Waals surface area contributed by atoms with E-state index in [1.807, 2.05) is 0 Å². The lowest BCUT2D eigenvalue weighted by Crippen LogP contribution is -2.42. The molecular formula is C24H53NO3Si. The number of rotatable bonds is 22. The van der Waals surface area contributed by atoms with Gasteiger partial charge < -0.3 is 18.2 Å². The Morgan fingerprint density at radius 3 is 1.52 bits per heavy atom. The van der Waals surface area contributed by atoms with Crippen molar-refractivity contribution in [2.45, 2.75) is 109 Å². The van der Waals surface area contributed by atoms with Crippen LogP contribution in [0, 0.1) is 5.92 Å². The van der Waals surface area contributed by atoms with Crippen LogP contribution in [0.25, 0.3) is 0 Å². The van der Waals surface area contributed by atoms with Crippen LogP contribution in [0.4, 0.5) is 0 Å². The van der Waals surface area contributed by atoms with Crippen molar-refractivity contribution < 1.29 is 13.3 Å². The summed E-state index contributed by atoms with van der Waals surface area (Å²) in [6, 6.07) is 0.924. The van der Waals surface area contributed by atoms with Gasteiger partial charge in [0.05, 0.1) is 0 Å².